The van der Waals surface area contributed by atoms with E-state index in [-0.39, 0.29) is 69.3 Å². The molecule has 3 aromatic carbocycles. The van der Waals surface area contributed by atoms with E-state index in [2.05, 4.69) is 79.9 Å². The topological polar surface area (TPSA) is 197 Å². The van der Waals surface area contributed by atoms with E-state index in [0.717, 1.165) is 69.1 Å². The number of alkyl halides is 3. The third kappa shape index (κ3) is 15.0. The normalized spacial score (nSPS) is 22.0. The maximum atomic E-state index is 13.0. The molecule has 1 aliphatic heterocycles. The molecular formula is C55H67F3O13S3. The Bertz CT molecular complexity index is 2650. The Kier molecular flexibility index (Phi) is 21.0. The average molecular weight is 1090 g/mol. The highest BCUT2D eigenvalue weighted by Crippen LogP contribution is 2.55. The minimum Gasteiger partial charge on any atom is -0.743 e. The number of halogens is 3. The second-order valence-electron chi connectivity index (χ2n) is 19.4. The Morgan fingerprint density at radius 3 is 1.77 bits per heavy atom. The Morgan fingerprint density at radius 2 is 1.28 bits per heavy atom. The van der Waals surface area contributed by atoms with Gasteiger partial charge in [0.05, 0.1) is 33.6 Å². The third-order valence-corrected chi connectivity index (χ3v) is 19.2. The summed E-state index contributed by atoms with van der Waals surface area (Å²) in [5.41, 5.74) is 0.697. The van der Waals surface area contributed by atoms with Crippen molar-refractivity contribution in [2.75, 3.05) is 6.61 Å². The van der Waals surface area contributed by atoms with E-state index in [0.29, 0.717) is 22.0 Å². The van der Waals surface area contributed by atoms with Crippen LogP contribution in [0.5, 0.6) is 0 Å². The van der Waals surface area contributed by atoms with Gasteiger partial charge in [-0.2, -0.15) is 8.78 Å². The molecule has 6 unspecified atom stereocenters. The van der Waals surface area contributed by atoms with Crippen molar-refractivity contribution < 1.29 is 72.7 Å². The summed E-state index contributed by atoms with van der Waals surface area (Å²) in [6.45, 7) is 16.2. The molecule has 0 aromatic heterocycles. The number of rotatable bonds is 16. The fourth-order valence-electron chi connectivity index (χ4n) is 9.68. The van der Waals surface area contributed by atoms with Gasteiger partial charge in [0.1, 0.15) is 17.8 Å². The summed E-state index contributed by atoms with van der Waals surface area (Å²) in [5.74, 6) is -0.998. The molecule has 404 valence electrons. The van der Waals surface area contributed by atoms with Crippen LogP contribution in [0.3, 0.4) is 0 Å². The Hall–Kier alpha value is -5.24. The van der Waals surface area contributed by atoms with Crippen LogP contribution in [0.25, 0.3) is 0 Å². The predicted octanol–water partition coefficient (Wildman–Crippen LogP) is 10.7. The van der Waals surface area contributed by atoms with Crippen LogP contribution in [0, 0.1) is 17.8 Å². The zero-order valence-electron chi connectivity index (χ0n) is 42.3. The van der Waals surface area contributed by atoms with Gasteiger partial charge in [0.2, 0.25) is 0 Å². The molecule has 5 fully saturated rings. The first-order valence-electron chi connectivity index (χ1n) is 24.8. The largest absolute Gasteiger partial charge is 0.743 e. The first-order valence-corrected chi connectivity index (χ1v) is 29.0. The molecule has 0 spiro atoms. The number of sulfone groups is 1. The van der Waals surface area contributed by atoms with Crippen molar-refractivity contribution >= 4 is 54.7 Å². The Labute approximate surface area is 436 Å². The first kappa shape index (κ1) is 59.6. The molecule has 0 amide bonds. The minimum absolute atomic E-state index is 0.0244. The van der Waals surface area contributed by atoms with Crippen LogP contribution in [0.15, 0.2) is 141 Å². The van der Waals surface area contributed by atoms with E-state index in [9.17, 15) is 53.7 Å². The van der Waals surface area contributed by atoms with Gasteiger partial charge in [0.25, 0.3) is 0 Å². The van der Waals surface area contributed by atoms with Crippen molar-refractivity contribution in [2.45, 2.75) is 165 Å². The van der Waals surface area contributed by atoms with Crippen LogP contribution in [-0.2, 0) is 69.0 Å². The van der Waals surface area contributed by atoms with E-state index in [4.69, 9.17) is 14.2 Å². The minimum atomic E-state index is -6.08. The molecule has 13 nitrogen and oxygen atoms in total. The van der Waals surface area contributed by atoms with Crippen molar-refractivity contribution in [3.63, 3.8) is 0 Å². The Morgan fingerprint density at radius 1 is 0.770 bits per heavy atom. The lowest BCUT2D eigenvalue weighted by Gasteiger charge is -2.27. The lowest BCUT2D eigenvalue weighted by Crippen LogP contribution is -2.39. The standard InChI is InChI=1S/C24H25O2S2.C12H14O4.C11H18O2.C8H11F3O5S/c25-28(26,23-14-8-3-9-15-23)24-18-16-22(17-19-24)27(20-10-4-1-5-11-20)21-12-6-2-7-13-21;1-5(2)11(13)15-9-6-3-7-8(4-6)12(14)16-10(7)9;1-4-11(7-5-6-8-11)13-10(12)9(2)3;1-5(2)7(12)16-4-3-6(9)8(10,11)17(13,14)15/h1-2,4-7,10-13,16-19,23H,3,8-9,14-15H2;6-10H,1,3-4H2,2H3;2,4-8H2,1,3H3;6H,1,3-4H2,2H3,(H,13,14,15)/q+1;;;/p-1. The number of benzene rings is 3. The van der Waals surface area contributed by atoms with Crippen LogP contribution in [-0.4, -0.2) is 86.4 Å². The maximum Gasteiger partial charge on any atom is 0.364 e. The van der Waals surface area contributed by atoms with E-state index >= 15 is 0 Å². The molecule has 19 heteroatoms. The second-order valence-corrected chi connectivity index (χ2v) is 25.1. The fourth-order valence-corrected chi connectivity index (χ4v) is 14.0. The second kappa shape index (κ2) is 26.0. The maximum absolute atomic E-state index is 13.0. The summed E-state index contributed by atoms with van der Waals surface area (Å²) in [6.07, 6.45) is 7.09. The van der Waals surface area contributed by atoms with Crippen molar-refractivity contribution in [2.24, 2.45) is 17.8 Å². The van der Waals surface area contributed by atoms with Crippen LogP contribution in [0.4, 0.5) is 13.2 Å². The van der Waals surface area contributed by atoms with E-state index in [1.165, 1.54) is 29.6 Å². The van der Waals surface area contributed by atoms with Gasteiger partial charge in [-0.25, -0.2) is 35.6 Å². The number of hydrogen-bond acceptors (Lipinski definition) is 13. The SMILES string of the molecule is C=C(C)C(=O)OC1(CC)CCCC1.C=C(C)C(=O)OC1C2CC3C(=O)OC1C3C2.C=C(C)C(=O)OCCC(F)C(F)(F)S(=O)(=O)[O-].O=S(=O)(c1ccc([S+](c2ccccc2)c2ccccc2)cc1)C1CCCCC1. The molecule has 4 saturated carbocycles. The van der Waals surface area contributed by atoms with Gasteiger partial charge in [-0.05, 0) is 127 Å². The average Bonchev–Trinajstić information content (AvgIpc) is 4.15. The fraction of sp³-hybridized carbons (Fsp3) is 0.491. The van der Waals surface area contributed by atoms with Gasteiger partial charge >= 0.3 is 29.1 Å². The van der Waals surface area contributed by atoms with Crippen molar-refractivity contribution in [1.82, 2.24) is 0 Å². The van der Waals surface area contributed by atoms with Gasteiger partial charge in [0, 0.05) is 35.0 Å². The molecule has 4 aliphatic carbocycles. The summed E-state index contributed by atoms with van der Waals surface area (Å²) in [5, 5.41) is -5.25. The molecule has 0 N–H and O–H groups in total. The summed E-state index contributed by atoms with van der Waals surface area (Å²) >= 11 is 0. The highest BCUT2D eigenvalue weighted by molar-refractivity contribution is 7.97. The summed E-state index contributed by atoms with van der Waals surface area (Å²) < 4.78 is 114. The highest BCUT2D eigenvalue weighted by atomic mass is 32.2. The van der Waals surface area contributed by atoms with Crippen molar-refractivity contribution in [3.05, 3.63) is 121 Å². The van der Waals surface area contributed by atoms with E-state index < -0.39 is 50.4 Å². The molecule has 74 heavy (non-hydrogen) atoms. The molecule has 8 rings (SSSR count). The highest BCUT2D eigenvalue weighted by Gasteiger charge is 2.63. The van der Waals surface area contributed by atoms with Gasteiger partial charge < -0.3 is 23.5 Å². The molecule has 5 aliphatic rings. The van der Waals surface area contributed by atoms with Gasteiger partial charge in [-0.3, -0.25) is 4.79 Å². The summed E-state index contributed by atoms with van der Waals surface area (Å²) in [4.78, 5) is 49.1. The van der Waals surface area contributed by atoms with Gasteiger partial charge in [-0.1, -0.05) is 82.3 Å². The van der Waals surface area contributed by atoms with Crippen LogP contribution in [0.1, 0.15) is 111 Å². The monoisotopic (exact) mass is 1090 g/mol. The summed E-state index contributed by atoms with van der Waals surface area (Å²) in [7, 11) is -9.56. The molecule has 2 bridgehead atoms. The lowest BCUT2D eigenvalue weighted by atomic mass is 9.88. The lowest BCUT2D eigenvalue weighted by molar-refractivity contribution is -0.158. The number of ether oxygens (including phenoxy) is 4. The molecule has 0 radical (unpaired) electrons. The predicted molar refractivity (Wildman–Crippen MR) is 272 cm³/mol. The number of carbonyl (C=O) groups is 4. The number of hydrogen-bond donors (Lipinski definition) is 0. The molecule has 1 heterocycles. The van der Waals surface area contributed by atoms with E-state index in [1.807, 2.05) is 36.4 Å². The zero-order valence-corrected chi connectivity index (χ0v) is 44.8. The van der Waals surface area contributed by atoms with Crippen molar-refractivity contribution in [1.29, 1.82) is 0 Å². The number of carbonyl (C=O) groups excluding carboxylic acids is 4. The Balaban J connectivity index is 0.000000192. The quantitative estimate of drug-likeness (QED) is 0.0432. The molecule has 3 aromatic rings. The number of fused-ring (bicyclic) bond motifs is 1. The molecule has 1 saturated heterocycles. The van der Waals surface area contributed by atoms with Gasteiger partial charge in [-0.15, -0.1) is 0 Å². The van der Waals surface area contributed by atoms with E-state index in [1.54, 1.807) is 13.8 Å². The summed E-state index contributed by atoms with van der Waals surface area (Å²) in [6, 6.07) is 28.5. The zero-order chi connectivity index (χ0) is 54.6. The number of esters is 4. The van der Waals surface area contributed by atoms with Crippen LogP contribution in [0.2, 0.25) is 0 Å². The first-order chi connectivity index (χ1) is 34.8. The smallest absolute Gasteiger partial charge is 0.364 e. The van der Waals surface area contributed by atoms with Crippen LogP contribution >= 0.6 is 0 Å². The van der Waals surface area contributed by atoms with Crippen molar-refractivity contribution in [3.8, 4) is 0 Å². The van der Waals surface area contributed by atoms with Gasteiger partial charge in [0.15, 0.2) is 40.8 Å². The molecule has 6 atom stereocenters. The third-order valence-electron chi connectivity index (χ3n) is 13.8. The van der Waals surface area contributed by atoms with Crippen LogP contribution < -0.4 is 0 Å². The molecular weight excluding hydrogens is 1020 g/mol.